The lowest BCUT2D eigenvalue weighted by molar-refractivity contribution is 0.279. The molecule has 0 fully saturated rings. The second-order valence-corrected chi connectivity index (χ2v) is 6.08. The first kappa shape index (κ1) is 21.1. The predicted octanol–water partition coefficient (Wildman–Crippen LogP) is 5.37. The van der Waals surface area contributed by atoms with Gasteiger partial charge < -0.3 is 19.2 Å². The number of benzene rings is 2. The van der Waals surface area contributed by atoms with Crippen molar-refractivity contribution in [3.05, 3.63) is 82.5 Å². The molecule has 1 N–H and O–H groups in total. The third-order valence-electron chi connectivity index (χ3n) is 3.83. The van der Waals surface area contributed by atoms with Crippen molar-refractivity contribution < 1.29 is 18.3 Å². The molecule has 0 aliphatic carbocycles. The van der Waals surface area contributed by atoms with Gasteiger partial charge in [-0.25, -0.2) is 4.39 Å². The third-order valence-corrected chi connectivity index (χ3v) is 4.11. The van der Waals surface area contributed by atoms with E-state index >= 15 is 0 Å². The number of halogens is 3. The van der Waals surface area contributed by atoms with Crippen molar-refractivity contribution in [2.45, 2.75) is 19.7 Å². The van der Waals surface area contributed by atoms with Crippen LogP contribution in [0.3, 0.4) is 0 Å². The minimum absolute atomic E-state index is 0. The molecule has 0 atom stereocenters. The molecule has 0 radical (unpaired) electrons. The van der Waals surface area contributed by atoms with Crippen molar-refractivity contribution in [1.82, 2.24) is 5.32 Å². The Morgan fingerprint density at radius 1 is 1.11 bits per heavy atom. The van der Waals surface area contributed by atoms with Gasteiger partial charge in [-0.15, -0.1) is 12.4 Å². The van der Waals surface area contributed by atoms with Gasteiger partial charge in [0.25, 0.3) is 0 Å². The summed E-state index contributed by atoms with van der Waals surface area (Å²) in [7, 11) is 1.54. The van der Waals surface area contributed by atoms with Gasteiger partial charge in [0, 0.05) is 12.1 Å². The molecular weight excluding hydrogens is 392 g/mol. The molecule has 2 aromatic carbocycles. The van der Waals surface area contributed by atoms with Gasteiger partial charge in [-0.1, -0.05) is 29.8 Å². The smallest absolute Gasteiger partial charge is 0.180 e. The van der Waals surface area contributed by atoms with Crippen molar-refractivity contribution in [2.24, 2.45) is 0 Å². The van der Waals surface area contributed by atoms with Crippen LogP contribution in [0.1, 0.15) is 16.9 Å². The van der Waals surface area contributed by atoms with Gasteiger partial charge in [0.1, 0.15) is 18.2 Å². The van der Waals surface area contributed by atoms with E-state index in [2.05, 4.69) is 5.32 Å². The van der Waals surface area contributed by atoms with Crippen molar-refractivity contribution in [3.63, 3.8) is 0 Å². The fraction of sp³-hybridized carbons (Fsp3) is 0.200. The van der Waals surface area contributed by atoms with Crippen LogP contribution in [-0.4, -0.2) is 7.11 Å². The Bertz CT molecular complexity index is 856. The number of nitrogens with one attached hydrogen (secondary N) is 1. The maximum Gasteiger partial charge on any atom is 0.180 e. The zero-order chi connectivity index (χ0) is 18.4. The fourth-order valence-electron chi connectivity index (χ4n) is 2.52. The zero-order valence-electron chi connectivity index (χ0n) is 14.7. The van der Waals surface area contributed by atoms with Crippen LogP contribution in [0.25, 0.3) is 0 Å². The van der Waals surface area contributed by atoms with Gasteiger partial charge in [-0.2, -0.15) is 0 Å². The number of methoxy groups -OCH3 is 1. The molecule has 0 amide bonds. The molecule has 1 aromatic heterocycles. The lowest BCUT2D eigenvalue weighted by Gasteiger charge is -2.15. The first-order chi connectivity index (χ1) is 12.7. The monoisotopic (exact) mass is 411 g/mol. The van der Waals surface area contributed by atoms with Gasteiger partial charge in [-0.05, 0) is 35.9 Å². The molecule has 0 saturated heterocycles. The average Bonchev–Trinajstić information content (AvgIpc) is 3.15. The Hall–Kier alpha value is -2.21. The maximum absolute atomic E-state index is 13.7. The minimum Gasteiger partial charge on any atom is -0.493 e. The number of furan rings is 1. The first-order valence-electron chi connectivity index (χ1n) is 8.13. The molecule has 4 nitrogen and oxygen atoms in total. The zero-order valence-corrected chi connectivity index (χ0v) is 16.3. The van der Waals surface area contributed by atoms with Gasteiger partial charge in [0.2, 0.25) is 0 Å². The van der Waals surface area contributed by atoms with Crippen LogP contribution in [0.15, 0.2) is 59.2 Å². The molecule has 3 aromatic rings. The highest BCUT2D eigenvalue weighted by molar-refractivity contribution is 6.32. The summed E-state index contributed by atoms with van der Waals surface area (Å²) < 4.78 is 30.1. The molecular formula is C20H20Cl2FNO3. The van der Waals surface area contributed by atoms with E-state index in [0.29, 0.717) is 35.2 Å². The van der Waals surface area contributed by atoms with E-state index in [9.17, 15) is 4.39 Å². The van der Waals surface area contributed by atoms with E-state index in [0.717, 1.165) is 11.3 Å². The number of ether oxygens (including phenoxy) is 2. The summed E-state index contributed by atoms with van der Waals surface area (Å²) in [6.45, 7) is 1.27. The van der Waals surface area contributed by atoms with E-state index in [1.807, 2.05) is 18.2 Å². The van der Waals surface area contributed by atoms with Gasteiger partial charge >= 0.3 is 0 Å². The van der Waals surface area contributed by atoms with Gasteiger partial charge in [-0.3, -0.25) is 0 Å². The molecule has 0 unspecified atom stereocenters. The summed E-state index contributed by atoms with van der Waals surface area (Å²) in [5.74, 6) is 1.44. The Morgan fingerprint density at radius 3 is 2.63 bits per heavy atom. The first-order valence-corrected chi connectivity index (χ1v) is 8.51. The molecule has 0 aliphatic rings. The van der Waals surface area contributed by atoms with Crippen LogP contribution in [0.2, 0.25) is 5.02 Å². The van der Waals surface area contributed by atoms with E-state index < -0.39 is 0 Å². The lowest BCUT2D eigenvalue weighted by Crippen LogP contribution is -2.12. The molecule has 144 valence electrons. The van der Waals surface area contributed by atoms with Gasteiger partial charge in [0.05, 0.1) is 24.9 Å². The van der Waals surface area contributed by atoms with Crippen LogP contribution in [0, 0.1) is 5.82 Å². The Labute approximate surface area is 168 Å². The van der Waals surface area contributed by atoms with E-state index in [1.165, 1.54) is 6.07 Å². The largest absolute Gasteiger partial charge is 0.493 e. The summed E-state index contributed by atoms with van der Waals surface area (Å²) in [5.41, 5.74) is 1.39. The number of hydrogen-bond donors (Lipinski definition) is 1. The molecule has 0 saturated carbocycles. The topological polar surface area (TPSA) is 43.6 Å². The van der Waals surface area contributed by atoms with Crippen molar-refractivity contribution >= 4 is 24.0 Å². The summed E-state index contributed by atoms with van der Waals surface area (Å²) in [6.07, 6.45) is 1.64. The third kappa shape index (κ3) is 5.63. The molecule has 0 bridgehead atoms. The highest BCUT2D eigenvalue weighted by Crippen LogP contribution is 2.37. The maximum atomic E-state index is 13.7. The molecule has 0 spiro atoms. The quantitative estimate of drug-likeness (QED) is 0.540. The normalized spacial score (nSPS) is 10.3. The molecule has 0 aliphatic heterocycles. The van der Waals surface area contributed by atoms with E-state index in [1.54, 1.807) is 37.6 Å². The average molecular weight is 412 g/mol. The minimum atomic E-state index is -0.318. The fourth-order valence-corrected chi connectivity index (χ4v) is 2.81. The van der Waals surface area contributed by atoms with Crippen LogP contribution in [-0.2, 0) is 19.7 Å². The van der Waals surface area contributed by atoms with Crippen molar-refractivity contribution in [1.29, 1.82) is 0 Å². The van der Waals surface area contributed by atoms with Crippen LogP contribution >= 0.6 is 24.0 Å². The van der Waals surface area contributed by atoms with E-state index in [4.69, 9.17) is 25.5 Å². The summed E-state index contributed by atoms with van der Waals surface area (Å²) in [4.78, 5) is 0. The van der Waals surface area contributed by atoms with Crippen molar-refractivity contribution in [3.8, 4) is 11.5 Å². The number of rotatable bonds is 8. The molecule has 7 heteroatoms. The summed E-state index contributed by atoms with van der Waals surface area (Å²) in [6, 6.07) is 13.9. The second-order valence-electron chi connectivity index (χ2n) is 5.67. The van der Waals surface area contributed by atoms with Gasteiger partial charge in [0.15, 0.2) is 11.5 Å². The SMILES string of the molecule is COc1cc(CNCc2ccco2)cc(Cl)c1OCc1ccccc1F.Cl. The van der Waals surface area contributed by atoms with Crippen LogP contribution in [0.4, 0.5) is 4.39 Å². The Balaban J connectivity index is 0.00000261. The Morgan fingerprint density at radius 2 is 1.93 bits per heavy atom. The highest BCUT2D eigenvalue weighted by Gasteiger charge is 2.13. The van der Waals surface area contributed by atoms with Crippen LogP contribution in [0.5, 0.6) is 11.5 Å². The van der Waals surface area contributed by atoms with Crippen LogP contribution < -0.4 is 14.8 Å². The lowest BCUT2D eigenvalue weighted by atomic mass is 10.2. The van der Waals surface area contributed by atoms with Crippen molar-refractivity contribution in [2.75, 3.05) is 7.11 Å². The Kier molecular flexibility index (Phi) is 7.98. The summed E-state index contributed by atoms with van der Waals surface area (Å²) in [5, 5.41) is 3.68. The predicted molar refractivity (Wildman–Crippen MR) is 105 cm³/mol. The number of hydrogen-bond acceptors (Lipinski definition) is 4. The molecule has 27 heavy (non-hydrogen) atoms. The second kappa shape index (κ2) is 10.2. The highest BCUT2D eigenvalue weighted by atomic mass is 35.5. The molecule has 1 heterocycles. The standard InChI is InChI=1S/C20H19ClFNO3.ClH/c1-24-19-10-14(11-23-12-16-6-4-8-25-16)9-17(21)20(19)26-13-15-5-2-3-7-18(15)22;/h2-10,23H,11-13H2,1H3;1H. The van der Waals surface area contributed by atoms with E-state index in [-0.39, 0.29) is 24.8 Å². The summed E-state index contributed by atoms with van der Waals surface area (Å²) >= 11 is 6.35. The molecule has 3 rings (SSSR count).